The van der Waals surface area contributed by atoms with Gasteiger partial charge in [-0.3, -0.25) is 11.3 Å². The van der Waals surface area contributed by atoms with Crippen molar-refractivity contribution in [1.29, 1.82) is 0 Å². The van der Waals surface area contributed by atoms with Gasteiger partial charge in [0, 0.05) is 6.42 Å². The summed E-state index contributed by atoms with van der Waals surface area (Å²) < 4.78 is 0. The molecule has 1 unspecified atom stereocenters. The summed E-state index contributed by atoms with van der Waals surface area (Å²) >= 11 is 0. The number of nitrogens with one attached hydrogen (secondary N) is 1. The van der Waals surface area contributed by atoms with Gasteiger partial charge in [-0.15, -0.1) is 10.2 Å². The summed E-state index contributed by atoms with van der Waals surface area (Å²) in [5, 5.41) is 12.0. The van der Waals surface area contributed by atoms with Crippen molar-refractivity contribution in [3.05, 3.63) is 41.2 Å². The van der Waals surface area contributed by atoms with Crippen LogP contribution in [0, 0.1) is 0 Å². The summed E-state index contributed by atoms with van der Waals surface area (Å²) in [6.45, 7) is 4.36. The molecule has 6 heteroatoms. The van der Waals surface area contributed by atoms with Gasteiger partial charge in [0.15, 0.2) is 5.82 Å². The number of nitrogens with zero attached hydrogens (tertiary/aromatic N) is 4. The molecule has 0 bridgehead atoms. The second kappa shape index (κ2) is 5.90. The highest BCUT2D eigenvalue weighted by atomic mass is 15.6. The Labute approximate surface area is 113 Å². The lowest BCUT2D eigenvalue weighted by atomic mass is 9.98. The number of rotatable bonds is 5. The van der Waals surface area contributed by atoms with E-state index in [0.29, 0.717) is 18.2 Å². The molecule has 0 fully saturated rings. The van der Waals surface area contributed by atoms with Gasteiger partial charge in [0.1, 0.15) is 0 Å². The van der Waals surface area contributed by atoms with Crippen LogP contribution in [0.4, 0.5) is 0 Å². The first kappa shape index (κ1) is 13.6. The van der Waals surface area contributed by atoms with E-state index in [2.05, 4.69) is 58.9 Å². The van der Waals surface area contributed by atoms with E-state index in [4.69, 9.17) is 5.84 Å². The Morgan fingerprint density at radius 3 is 2.32 bits per heavy atom. The fourth-order valence-electron chi connectivity index (χ4n) is 1.97. The molecule has 0 aliphatic heterocycles. The normalized spacial score (nSPS) is 12.9. The van der Waals surface area contributed by atoms with E-state index in [1.807, 2.05) is 0 Å². The predicted octanol–water partition coefficient (Wildman–Crippen LogP) is 1.08. The van der Waals surface area contributed by atoms with Gasteiger partial charge >= 0.3 is 0 Å². The topological polar surface area (TPSA) is 81.7 Å². The molecule has 6 nitrogen and oxygen atoms in total. The van der Waals surface area contributed by atoms with Gasteiger partial charge < -0.3 is 0 Å². The third-order valence-electron chi connectivity index (χ3n) is 3.14. The minimum Gasteiger partial charge on any atom is -0.271 e. The zero-order valence-electron chi connectivity index (χ0n) is 11.5. The zero-order chi connectivity index (χ0) is 13.8. The van der Waals surface area contributed by atoms with E-state index < -0.39 is 0 Å². The van der Waals surface area contributed by atoms with Gasteiger partial charge in [-0.1, -0.05) is 38.1 Å². The van der Waals surface area contributed by atoms with Crippen LogP contribution in [0.5, 0.6) is 0 Å². The molecular weight excluding hydrogens is 240 g/mol. The SMILES string of the molecule is CC(C)c1ccc(C(Cc2nnn(C)n2)NN)cc1. The van der Waals surface area contributed by atoms with Crippen molar-refractivity contribution in [2.45, 2.75) is 32.2 Å². The Balaban J connectivity index is 2.12. The molecule has 3 N–H and O–H groups in total. The maximum Gasteiger partial charge on any atom is 0.176 e. The summed E-state index contributed by atoms with van der Waals surface area (Å²) in [5.74, 6) is 6.83. The lowest BCUT2D eigenvalue weighted by Gasteiger charge is -2.15. The van der Waals surface area contributed by atoms with E-state index >= 15 is 0 Å². The third-order valence-corrected chi connectivity index (χ3v) is 3.14. The summed E-state index contributed by atoms with van der Waals surface area (Å²) in [7, 11) is 1.75. The molecule has 2 aromatic rings. The van der Waals surface area contributed by atoms with Gasteiger partial charge in [-0.05, 0) is 22.3 Å². The number of aromatic nitrogens is 4. The standard InChI is InChI=1S/C13H20N6/c1-9(2)10-4-6-11(7-5-10)12(15-14)8-13-16-18-19(3)17-13/h4-7,9,12,15H,8,14H2,1-3H3. The van der Waals surface area contributed by atoms with Crippen LogP contribution in [0.25, 0.3) is 0 Å². The molecule has 0 saturated heterocycles. The molecular formula is C13H20N6. The largest absolute Gasteiger partial charge is 0.271 e. The smallest absolute Gasteiger partial charge is 0.176 e. The average Bonchev–Trinajstić information content (AvgIpc) is 2.81. The Bertz CT molecular complexity index is 516. The number of hydrazine groups is 1. The maximum atomic E-state index is 5.62. The molecule has 0 amide bonds. The Kier molecular flexibility index (Phi) is 4.24. The second-order valence-corrected chi connectivity index (χ2v) is 4.94. The molecule has 1 atom stereocenters. The van der Waals surface area contributed by atoms with Crippen molar-refractivity contribution in [3.8, 4) is 0 Å². The first-order chi connectivity index (χ1) is 9.10. The molecule has 0 spiro atoms. The van der Waals surface area contributed by atoms with Crippen molar-refractivity contribution < 1.29 is 0 Å². The van der Waals surface area contributed by atoms with Crippen LogP contribution >= 0.6 is 0 Å². The summed E-state index contributed by atoms with van der Waals surface area (Å²) in [5.41, 5.74) is 5.25. The van der Waals surface area contributed by atoms with E-state index in [0.717, 1.165) is 5.56 Å². The molecule has 1 aromatic heterocycles. The van der Waals surface area contributed by atoms with E-state index in [1.165, 1.54) is 10.4 Å². The fraction of sp³-hybridized carbons (Fsp3) is 0.462. The van der Waals surface area contributed by atoms with Crippen LogP contribution in [0.1, 0.15) is 42.8 Å². The molecule has 0 radical (unpaired) electrons. The monoisotopic (exact) mass is 260 g/mol. The maximum absolute atomic E-state index is 5.62. The van der Waals surface area contributed by atoms with E-state index in [9.17, 15) is 0 Å². The highest BCUT2D eigenvalue weighted by molar-refractivity contribution is 5.27. The van der Waals surface area contributed by atoms with Crippen molar-refractivity contribution in [3.63, 3.8) is 0 Å². The number of hydrogen-bond acceptors (Lipinski definition) is 5. The van der Waals surface area contributed by atoms with Crippen LogP contribution < -0.4 is 11.3 Å². The highest BCUT2D eigenvalue weighted by Crippen LogP contribution is 2.20. The van der Waals surface area contributed by atoms with Crippen LogP contribution in [0.3, 0.4) is 0 Å². The first-order valence-corrected chi connectivity index (χ1v) is 6.39. The average molecular weight is 260 g/mol. The summed E-state index contributed by atoms with van der Waals surface area (Å²) in [6, 6.07) is 8.44. The van der Waals surface area contributed by atoms with Gasteiger partial charge in [0.05, 0.1) is 13.1 Å². The number of nitrogens with two attached hydrogens (primary N) is 1. The first-order valence-electron chi connectivity index (χ1n) is 6.39. The molecule has 102 valence electrons. The lowest BCUT2D eigenvalue weighted by molar-refractivity contribution is 0.536. The van der Waals surface area contributed by atoms with E-state index in [-0.39, 0.29) is 6.04 Å². The number of hydrogen-bond donors (Lipinski definition) is 2. The van der Waals surface area contributed by atoms with Gasteiger partial charge in [0.2, 0.25) is 0 Å². The summed E-state index contributed by atoms with van der Waals surface area (Å²) in [6.07, 6.45) is 0.616. The molecule has 1 heterocycles. The third kappa shape index (κ3) is 3.36. The van der Waals surface area contributed by atoms with E-state index in [1.54, 1.807) is 7.05 Å². The second-order valence-electron chi connectivity index (χ2n) is 4.94. The minimum atomic E-state index is -0.00888. The van der Waals surface area contributed by atoms with Crippen LogP contribution in [-0.4, -0.2) is 20.2 Å². The highest BCUT2D eigenvalue weighted by Gasteiger charge is 2.14. The summed E-state index contributed by atoms with van der Waals surface area (Å²) in [4.78, 5) is 1.45. The molecule has 0 aliphatic rings. The fourth-order valence-corrected chi connectivity index (χ4v) is 1.97. The molecule has 0 saturated carbocycles. The minimum absolute atomic E-state index is 0.00888. The molecule has 2 rings (SSSR count). The predicted molar refractivity (Wildman–Crippen MR) is 73.1 cm³/mol. The molecule has 0 aliphatic carbocycles. The van der Waals surface area contributed by atoms with Crippen LogP contribution in [-0.2, 0) is 13.5 Å². The lowest BCUT2D eigenvalue weighted by Crippen LogP contribution is -2.30. The Morgan fingerprint density at radius 1 is 1.21 bits per heavy atom. The van der Waals surface area contributed by atoms with Gasteiger partial charge in [-0.25, -0.2) is 0 Å². The molecule has 1 aromatic carbocycles. The van der Waals surface area contributed by atoms with Gasteiger partial charge in [0.25, 0.3) is 0 Å². The van der Waals surface area contributed by atoms with Crippen molar-refractivity contribution in [1.82, 2.24) is 25.6 Å². The van der Waals surface area contributed by atoms with Crippen molar-refractivity contribution in [2.24, 2.45) is 12.9 Å². The Morgan fingerprint density at radius 2 is 1.84 bits per heavy atom. The Hall–Kier alpha value is -1.79. The van der Waals surface area contributed by atoms with Crippen LogP contribution in [0.2, 0.25) is 0 Å². The number of aryl methyl sites for hydroxylation is 1. The number of benzene rings is 1. The number of tetrazole rings is 1. The van der Waals surface area contributed by atoms with Gasteiger partial charge in [-0.2, -0.15) is 4.80 Å². The quantitative estimate of drug-likeness (QED) is 0.621. The molecule has 19 heavy (non-hydrogen) atoms. The van der Waals surface area contributed by atoms with Crippen molar-refractivity contribution >= 4 is 0 Å². The zero-order valence-corrected chi connectivity index (χ0v) is 11.5. The van der Waals surface area contributed by atoms with Crippen molar-refractivity contribution in [2.75, 3.05) is 0 Å². The van der Waals surface area contributed by atoms with Crippen LogP contribution in [0.15, 0.2) is 24.3 Å².